The summed E-state index contributed by atoms with van der Waals surface area (Å²) in [6.45, 7) is 9.69. The Bertz CT molecular complexity index is 650. The zero-order valence-electron chi connectivity index (χ0n) is 16.8. The molecule has 26 heavy (non-hydrogen) atoms. The quantitative estimate of drug-likeness (QED) is 0.595. The molecule has 0 spiro atoms. The van der Waals surface area contributed by atoms with Crippen molar-refractivity contribution in [3.63, 3.8) is 0 Å². The molecular weight excluding hydrogens is 344 g/mol. The number of nitrogens with zero attached hydrogens (tertiary/aromatic N) is 1. The van der Waals surface area contributed by atoms with Crippen LogP contribution in [-0.4, -0.2) is 38.7 Å². The van der Waals surface area contributed by atoms with Crippen molar-refractivity contribution in [1.29, 1.82) is 0 Å². The average Bonchev–Trinajstić information content (AvgIpc) is 2.66. The molecule has 0 amide bonds. The minimum absolute atomic E-state index is 0.100. The van der Waals surface area contributed by atoms with Crippen molar-refractivity contribution in [2.45, 2.75) is 71.1 Å². The standard InChI is InChI=1S/C21H36N2O2S/c1-4-7-8-9-15-23-16-13-21(5-2,14-17-23)19-11-10-12-20(18-19)22-26(24,25)6-3/h10-12,18,22H,4-9,13-17H2,1-3H3. The molecule has 1 aromatic rings. The first-order valence-electron chi connectivity index (χ1n) is 10.3. The minimum atomic E-state index is -3.23. The predicted octanol–water partition coefficient (Wildman–Crippen LogP) is 4.77. The number of rotatable bonds is 10. The highest BCUT2D eigenvalue weighted by Crippen LogP contribution is 2.39. The Morgan fingerprint density at radius 3 is 2.42 bits per heavy atom. The number of nitrogens with one attached hydrogen (secondary N) is 1. The molecule has 0 aromatic heterocycles. The molecule has 1 saturated heterocycles. The van der Waals surface area contributed by atoms with E-state index in [0.717, 1.165) is 32.4 Å². The van der Waals surface area contributed by atoms with Crippen molar-refractivity contribution in [2.24, 2.45) is 0 Å². The Balaban J connectivity index is 2.02. The van der Waals surface area contributed by atoms with E-state index >= 15 is 0 Å². The van der Waals surface area contributed by atoms with Crippen LogP contribution >= 0.6 is 0 Å². The summed E-state index contributed by atoms with van der Waals surface area (Å²) in [5, 5.41) is 0. The monoisotopic (exact) mass is 380 g/mol. The van der Waals surface area contributed by atoms with Crippen LogP contribution in [0.3, 0.4) is 0 Å². The molecule has 1 aliphatic heterocycles. The lowest BCUT2D eigenvalue weighted by molar-refractivity contribution is 0.153. The topological polar surface area (TPSA) is 49.4 Å². The molecule has 0 aliphatic carbocycles. The third kappa shape index (κ3) is 5.71. The maximum Gasteiger partial charge on any atom is 0.232 e. The van der Waals surface area contributed by atoms with Gasteiger partial charge >= 0.3 is 0 Å². The predicted molar refractivity (Wildman–Crippen MR) is 111 cm³/mol. The summed E-state index contributed by atoms with van der Waals surface area (Å²) in [6.07, 6.45) is 8.68. The number of piperidine rings is 1. The number of unbranched alkanes of at least 4 members (excludes halogenated alkanes) is 3. The molecule has 5 heteroatoms. The number of hydrogen-bond donors (Lipinski definition) is 1. The van der Waals surface area contributed by atoms with Gasteiger partial charge in [0, 0.05) is 5.69 Å². The van der Waals surface area contributed by atoms with Gasteiger partial charge in [-0.05, 0) is 75.4 Å². The third-order valence-corrected chi connectivity index (χ3v) is 7.25. The Labute approximate surface area is 160 Å². The average molecular weight is 381 g/mol. The van der Waals surface area contributed by atoms with Crippen molar-refractivity contribution in [1.82, 2.24) is 4.90 Å². The van der Waals surface area contributed by atoms with E-state index in [2.05, 4.69) is 29.5 Å². The van der Waals surface area contributed by atoms with E-state index in [1.54, 1.807) is 6.92 Å². The number of likely N-dealkylation sites (tertiary alicyclic amines) is 1. The molecule has 148 valence electrons. The van der Waals surface area contributed by atoms with Gasteiger partial charge in [-0.1, -0.05) is 45.2 Å². The summed E-state index contributed by atoms with van der Waals surface area (Å²) < 4.78 is 26.5. The fraction of sp³-hybridized carbons (Fsp3) is 0.714. The second-order valence-corrected chi connectivity index (χ2v) is 9.63. The van der Waals surface area contributed by atoms with Crippen LogP contribution in [0.25, 0.3) is 0 Å². The van der Waals surface area contributed by atoms with Crippen LogP contribution in [-0.2, 0) is 15.4 Å². The Hall–Kier alpha value is -1.07. The summed E-state index contributed by atoms with van der Waals surface area (Å²) in [6, 6.07) is 8.05. The van der Waals surface area contributed by atoms with Crippen molar-refractivity contribution < 1.29 is 8.42 Å². The molecule has 0 radical (unpaired) electrons. The third-order valence-electron chi connectivity index (χ3n) is 5.95. The second kappa shape index (κ2) is 9.75. The zero-order valence-corrected chi connectivity index (χ0v) is 17.6. The van der Waals surface area contributed by atoms with Gasteiger partial charge in [0.15, 0.2) is 0 Å². The summed E-state index contributed by atoms with van der Waals surface area (Å²) in [5.41, 5.74) is 2.15. The number of sulfonamides is 1. The molecule has 2 rings (SSSR count). The van der Waals surface area contributed by atoms with E-state index in [-0.39, 0.29) is 11.2 Å². The van der Waals surface area contributed by atoms with Crippen LogP contribution in [0.4, 0.5) is 5.69 Å². The van der Waals surface area contributed by atoms with Gasteiger partial charge in [-0.15, -0.1) is 0 Å². The minimum Gasteiger partial charge on any atom is -0.303 e. The summed E-state index contributed by atoms with van der Waals surface area (Å²) in [5.74, 6) is 0.100. The van der Waals surface area contributed by atoms with Gasteiger partial charge in [0.2, 0.25) is 10.0 Å². The molecular formula is C21H36N2O2S. The lowest BCUT2D eigenvalue weighted by Gasteiger charge is -2.42. The Morgan fingerprint density at radius 1 is 1.08 bits per heavy atom. The van der Waals surface area contributed by atoms with Gasteiger partial charge in [0.05, 0.1) is 5.75 Å². The van der Waals surface area contributed by atoms with E-state index < -0.39 is 10.0 Å². The van der Waals surface area contributed by atoms with Crippen molar-refractivity contribution in [3.05, 3.63) is 29.8 Å². The van der Waals surface area contributed by atoms with Crippen LogP contribution in [0, 0.1) is 0 Å². The number of anilines is 1. The molecule has 1 aromatic carbocycles. The first kappa shape index (κ1) is 21.2. The maximum atomic E-state index is 11.9. The van der Waals surface area contributed by atoms with Crippen molar-refractivity contribution >= 4 is 15.7 Å². The highest BCUT2D eigenvalue weighted by Gasteiger charge is 2.34. The van der Waals surface area contributed by atoms with Crippen LogP contribution in [0.2, 0.25) is 0 Å². The molecule has 1 aliphatic rings. The van der Waals surface area contributed by atoms with E-state index in [1.165, 1.54) is 37.8 Å². The van der Waals surface area contributed by atoms with Gasteiger partial charge in [-0.2, -0.15) is 0 Å². The smallest absolute Gasteiger partial charge is 0.232 e. The fourth-order valence-corrected chi connectivity index (χ4v) is 4.61. The fourth-order valence-electron chi connectivity index (χ4n) is 3.98. The highest BCUT2D eigenvalue weighted by molar-refractivity contribution is 7.92. The van der Waals surface area contributed by atoms with Crippen LogP contribution in [0.15, 0.2) is 24.3 Å². The van der Waals surface area contributed by atoms with Gasteiger partial charge in [-0.3, -0.25) is 4.72 Å². The first-order valence-corrected chi connectivity index (χ1v) is 11.9. The molecule has 0 saturated carbocycles. The van der Waals surface area contributed by atoms with E-state index in [0.29, 0.717) is 5.69 Å². The molecule has 1 fully saturated rings. The summed E-state index contributed by atoms with van der Waals surface area (Å²) >= 11 is 0. The zero-order chi connectivity index (χ0) is 19.0. The van der Waals surface area contributed by atoms with E-state index in [4.69, 9.17) is 0 Å². The number of hydrogen-bond acceptors (Lipinski definition) is 3. The lowest BCUT2D eigenvalue weighted by atomic mass is 9.71. The maximum absolute atomic E-state index is 11.9. The Morgan fingerprint density at radius 2 is 1.81 bits per heavy atom. The second-order valence-electron chi connectivity index (χ2n) is 7.62. The molecule has 0 unspecified atom stereocenters. The molecule has 4 nitrogen and oxygen atoms in total. The van der Waals surface area contributed by atoms with E-state index in [1.807, 2.05) is 18.2 Å². The number of benzene rings is 1. The van der Waals surface area contributed by atoms with Crippen molar-refractivity contribution in [3.8, 4) is 0 Å². The SMILES string of the molecule is CCCCCCN1CCC(CC)(c2cccc(NS(=O)(=O)CC)c2)CC1. The van der Waals surface area contributed by atoms with Crippen LogP contribution in [0.1, 0.15) is 71.3 Å². The lowest BCUT2D eigenvalue weighted by Crippen LogP contribution is -2.42. The van der Waals surface area contributed by atoms with Gasteiger partial charge in [-0.25, -0.2) is 8.42 Å². The van der Waals surface area contributed by atoms with Gasteiger partial charge in [0.25, 0.3) is 0 Å². The summed E-state index contributed by atoms with van der Waals surface area (Å²) in [7, 11) is -3.23. The van der Waals surface area contributed by atoms with Crippen LogP contribution in [0.5, 0.6) is 0 Å². The Kier molecular flexibility index (Phi) is 7.96. The highest BCUT2D eigenvalue weighted by atomic mass is 32.2. The normalized spacial score (nSPS) is 18.0. The molecule has 0 bridgehead atoms. The molecule has 0 atom stereocenters. The van der Waals surface area contributed by atoms with Crippen LogP contribution < -0.4 is 4.72 Å². The largest absolute Gasteiger partial charge is 0.303 e. The van der Waals surface area contributed by atoms with Gasteiger partial charge in [0.1, 0.15) is 0 Å². The van der Waals surface area contributed by atoms with E-state index in [9.17, 15) is 8.42 Å². The molecule has 1 heterocycles. The summed E-state index contributed by atoms with van der Waals surface area (Å²) in [4.78, 5) is 2.60. The molecule has 1 N–H and O–H groups in total. The van der Waals surface area contributed by atoms with Crippen molar-refractivity contribution in [2.75, 3.05) is 30.1 Å². The van der Waals surface area contributed by atoms with Gasteiger partial charge < -0.3 is 4.90 Å². The first-order chi connectivity index (χ1) is 12.4.